The van der Waals surface area contributed by atoms with Crippen molar-refractivity contribution in [2.45, 2.75) is 51.5 Å². The van der Waals surface area contributed by atoms with E-state index in [0.29, 0.717) is 5.56 Å². The van der Waals surface area contributed by atoms with Crippen molar-refractivity contribution >= 4 is 40.6 Å². The SMILES string of the molecule is CCC(=O)[C@]1(n2cnc3c(NC(=O)c4ccccc4)ncnc32)C[C@H](OC(C)=O)[C@@H](COC(C)=O)O1. The van der Waals surface area contributed by atoms with Crippen LogP contribution in [0, 0.1) is 0 Å². The van der Waals surface area contributed by atoms with Gasteiger partial charge in [0.1, 0.15) is 25.1 Å². The number of imidazole rings is 1. The van der Waals surface area contributed by atoms with Crippen LogP contribution in [0.5, 0.6) is 0 Å². The number of rotatable bonds is 8. The predicted octanol–water partition coefficient (Wildman–Crippen LogP) is 1.99. The number of Topliss-reactive ketones (excluding diaryl/α,β-unsaturated/α-hetero) is 1. The molecule has 0 spiro atoms. The standard InChI is InChI=1S/C24H25N5O7/c1-4-19(32)24(10-17(35-15(3)31)18(36-24)11-34-14(2)30)29-13-27-20-21(25-12-26-22(20)29)28-23(33)16-8-6-5-7-9-16/h5-9,12-13,17-18H,4,10-11H2,1-3H3,(H,25,26,28,33)/t17-,18+,24-/m0/s1. The number of esters is 2. The Kier molecular flexibility index (Phi) is 7.06. The lowest BCUT2D eigenvalue weighted by Gasteiger charge is -2.28. The van der Waals surface area contributed by atoms with Gasteiger partial charge in [-0.15, -0.1) is 0 Å². The fourth-order valence-electron chi connectivity index (χ4n) is 4.16. The van der Waals surface area contributed by atoms with Crippen LogP contribution in [0.3, 0.4) is 0 Å². The fraction of sp³-hybridized carbons (Fsp3) is 0.375. The zero-order valence-electron chi connectivity index (χ0n) is 20.0. The van der Waals surface area contributed by atoms with Gasteiger partial charge in [0.2, 0.25) is 5.72 Å². The van der Waals surface area contributed by atoms with Crippen LogP contribution < -0.4 is 5.32 Å². The quantitative estimate of drug-likeness (QED) is 0.459. The minimum Gasteiger partial charge on any atom is -0.463 e. The van der Waals surface area contributed by atoms with Crippen LogP contribution in [0.25, 0.3) is 11.2 Å². The molecule has 3 heterocycles. The summed E-state index contributed by atoms with van der Waals surface area (Å²) in [6.45, 7) is 3.94. The summed E-state index contributed by atoms with van der Waals surface area (Å²) in [6.07, 6.45) is 0.880. The predicted molar refractivity (Wildman–Crippen MR) is 125 cm³/mol. The molecule has 1 amide bonds. The summed E-state index contributed by atoms with van der Waals surface area (Å²) in [7, 11) is 0. The van der Waals surface area contributed by atoms with Crippen molar-refractivity contribution in [1.82, 2.24) is 19.5 Å². The number of carbonyl (C=O) groups excluding carboxylic acids is 4. The van der Waals surface area contributed by atoms with Crippen LogP contribution in [0.2, 0.25) is 0 Å². The maximum Gasteiger partial charge on any atom is 0.303 e. The maximum atomic E-state index is 13.3. The fourth-order valence-corrected chi connectivity index (χ4v) is 4.16. The summed E-state index contributed by atoms with van der Waals surface area (Å²) >= 11 is 0. The van der Waals surface area contributed by atoms with Gasteiger partial charge in [-0.25, -0.2) is 15.0 Å². The van der Waals surface area contributed by atoms with Crippen LogP contribution in [0.4, 0.5) is 5.82 Å². The second-order valence-electron chi connectivity index (χ2n) is 8.20. The average molecular weight is 495 g/mol. The van der Waals surface area contributed by atoms with Gasteiger partial charge in [-0.3, -0.25) is 23.7 Å². The van der Waals surface area contributed by atoms with Gasteiger partial charge >= 0.3 is 11.9 Å². The van der Waals surface area contributed by atoms with Gasteiger partial charge in [-0.05, 0) is 12.1 Å². The first kappa shape index (κ1) is 24.9. The monoisotopic (exact) mass is 495 g/mol. The first-order valence-electron chi connectivity index (χ1n) is 11.3. The van der Waals surface area contributed by atoms with Gasteiger partial charge in [0.15, 0.2) is 22.8 Å². The minimum atomic E-state index is -1.64. The van der Waals surface area contributed by atoms with Crippen molar-refractivity contribution in [2.75, 3.05) is 11.9 Å². The molecule has 3 aromatic rings. The maximum absolute atomic E-state index is 13.3. The molecule has 36 heavy (non-hydrogen) atoms. The van der Waals surface area contributed by atoms with Crippen molar-refractivity contribution in [2.24, 2.45) is 0 Å². The molecule has 188 valence electrons. The number of carbonyl (C=O) groups is 4. The van der Waals surface area contributed by atoms with E-state index in [1.54, 1.807) is 37.3 Å². The number of hydrogen-bond acceptors (Lipinski definition) is 10. The molecule has 1 aromatic carbocycles. The topological polar surface area (TPSA) is 152 Å². The van der Waals surface area contributed by atoms with Gasteiger partial charge in [-0.2, -0.15) is 0 Å². The van der Waals surface area contributed by atoms with Gasteiger partial charge < -0.3 is 19.5 Å². The zero-order chi connectivity index (χ0) is 25.9. The third kappa shape index (κ3) is 4.80. The Labute approximate surface area is 206 Å². The van der Waals surface area contributed by atoms with Gasteiger partial charge in [-0.1, -0.05) is 25.1 Å². The molecule has 2 aromatic heterocycles. The third-order valence-electron chi connectivity index (χ3n) is 5.75. The van der Waals surface area contributed by atoms with E-state index in [2.05, 4.69) is 20.3 Å². The van der Waals surface area contributed by atoms with Crippen molar-refractivity contribution in [3.8, 4) is 0 Å². The molecule has 0 radical (unpaired) electrons. The van der Waals surface area contributed by atoms with Crippen LogP contribution in [0.15, 0.2) is 43.0 Å². The number of amides is 1. The van der Waals surface area contributed by atoms with E-state index in [-0.39, 0.29) is 42.2 Å². The summed E-state index contributed by atoms with van der Waals surface area (Å²) in [5.41, 5.74) is -0.743. The third-order valence-corrected chi connectivity index (χ3v) is 5.75. The van der Waals surface area contributed by atoms with Crippen LogP contribution in [-0.4, -0.2) is 62.0 Å². The van der Waals surface area contributed by atoms with Gasteiger partial charge in [0, 0.05) is 32.3 Å². The minimum absolute atomic E-state index is 0.0493. The molecule has 1 fully saturated rings. The largest absolute Gasteiger partial charge is 0.463 e. The lowest BCUT2D eigenvalue weighted by Crippen LogP contribution is -2.42. The van der Waals surface area contributed by atoms with Crippen LogP contribution in [-0.2, 0) is 34.3 Å². The Morgan fingerprint density at radius 3 is 2.53 bits per heavy atom. The van der Waals surface area contributed by atoms with Crippen LogP contribution in [0.1, 0.15) is 44.0 Å². The highest BCUT2D eigenvalue weighted by molar-refractivity contribution is 6.06. The molecule has 12 nitrogen and oxygen atoms in total. The number of nitrogens with one attached hydrogen (secondary N) is 1. The molecule has 4 rings (SSSR count). The zero-order valence-corrected chi connectivity index (χ0v) is 20.0. The van der Waals surface area contributed by atoms with E-state index in [1.807, 2.05) is 0 Å². The van der Waals surface area contributed by atoms with Crippen LogP contribution >= 0.6 is 0 Å². The summed E-state index contributed by atoms with van der Waals surface area (Å²) in [5, 5.41) is 2.72. The van der Waals surface area contributed by atoms with E-state index in [1.165, 1.54) is 31.1 Å². The Morgan fingerprint density at radius 2 is 1.86 bits per heavy atom. The molecule has 0 unspecified atom stereocenters. The first-order chi connectivity index (χ1) is 17.2. The molecule has 3 atom stereocenters. The Balaban J connectivity index is 1.73. The van der Waals surface area contributed by atoms with E-state index < -0.39 is 35.8 Å². The van der Waals surface area contributed by atoms with Gasteiger partial charge in [0.25, 0.3) is 5.91 Å². The normalized spacial score (nSPS) is 21.2. The number of anilines is 1. The Morgan fingerprint density at radius 1 is 1.11 bits per heavy atom. The van der Waals surface area contributed by atoms with E-state index >= 15 is 0 Å². The number of aromatic nitrogens is 4. The Bertz CT molecular complexity index is 1310. The number of hydrogen-bond donors (Lipinski definition) is 1. The number of nitrogens with zero attached hydrogens (tertiary/aromatic N) is 4. The summed E-state index contributed by atoms with van der Waals surface area (Å²) in [6, 6.07) is 8.59. The summed E-state index contributed by atoms with van der Waals surface area (Å²) < 4.78 is 18.1. The number of ketones is 1. The van der Waals surface area contributed by atoms with Crippen molar-refractivity contribution in [3.05, 3.63) is 48.5 Å². The molecule has 0 aliphatic carbocycles. The molecule has 1 N–H and O–H groups in total. The highest BCUT2D eigenvalue weighted by Crippen LogP contribution is 2.40. The molecule has 1 aliphatic heterocycles. The van der Waals surface area contributed by atoms with Crippen molar-refractivity contribution < 1.29 is 33.4 Å². The smallest absolute Gasteiger partial charge is 0.303 e. The van der Waals surface area contributed by atoms with Crippen molar-refractivity contribution in [3.63, 3.8) is 0 Å². The summed E-state index contributed by atoms with van der Waals surface area (Å²) in [5.74, 6) is -1.67. The Hall–Kier alpha value is -4.19. The molecule has 12 heteroatoms. The van der Waals surface area contributed by atoms with Gasteiger partial charge in [0.05, 0.1) is 6.33 Å². The molecule has 1 saturated heterocycles. The molecule has 1 aliphatic rings. The number of fused-ring (bicyclic) bond motifs is 1. The second-order valence-corrected chi connectivity index (χ2v) is 8.20. The molecule has 0 bridgehead atoms. The average Bonchev–Trinajstić information content (AvgIpc) is 3.45. The molecular formula is C24H25N5O7. The first-order valence-corrected chi connectivity index (χ1v) is 11.3. The molecule has 0 saturated carbocycles. The lowest BCUT2D eigenvalue weighted by atomic mass is 9.99. The highest BCUT2D eigenvalue weighted by Gasteiger charge is 2.54. The molecular weight excluding hydrogens is 470 g/mol. The van der Waals surface area contributed by atoms with Crippen molar-refractivity contribution in [1.29, 1.82) is 0 Å². The number of ether oxygens (including phenoxy) is 3. The number of benzene rings is 1. The second kappa shape index (κ2) is 10.2. The van der Waals surface area contributed by atoms with E-state index in [4.69, 9.17) is 14.2 Å². The van der Waals surface area contributed by atoms with E-state index in [9.17, 15) is 19.2 Å². The summed E-state index contributed by atoms with van der Waals surface area (Å²) in [4.78, 5) is 61.9. The highest BCUT2D eigenvalue weighted by atomic mass is 16.6. The lowest BCUT2D eigenvalue weighted by molar-refractivity contribution is -0.168. The van der Waals surface area contributed by atoms with E-state index in [0.717, 1.165) is 0 Å².